The summed E-state index contributed by atoms with van der Waals surface area (Å²) in [4.78, 5) is 19.4. The largest absolute Gasteiger partial charge is 0.441 e. The maximum Gasteiger partial charge on any atom is 0.223 e. The number of nitrogens with zero attached hydrogens (tertiary/aromatic N) is 2. The predicted octanol–water partition coefficient (Wildman–Crippen LogP) is 5.56. The van der Waals surface area contributed by atoms with E-state index in [1.54, 1.807) is 6.20 Å². The summed E-state index contributed by atoms with van der Waals surface area (Å²) in [6.45, 7) is 7.12. The van der Waals surface area contributed by atoms with E-state index >= 15 is 0 Å². The number of aryl methyl sites for hydroxylation is 4. The van der Waals surface area contributed by atoms with Gasteiger partial charge < -0.3 is 9.32 Å². The molecule has 0 saturated carbocycles. The number of likely N-dealkylation sites (tertiary alicyclic amines) is 1. The van der Waals surface area contributed by atoms with Crippen LogP contribution in [0.2, 0.25) is 0 Å². The molecule has 1 aliphatic heterocycles. The molecule has 4 nitrogen and oxygen atoms in total. The van der Waals surface area contributed by atoms with Crippen LogP contribution < -0.4 is 0 Å². The minimum atomic E-state index is 0.182. The molecule has 1 saturated heterocycles. The predicted molar refractivity (Wildman–Crippen MR) is 115 cm³/mol. The summed E-state index contributed by atoms with van der Waals surface area (Å²) in [6.07, 6.45) is 4.79. The fraction of sp³-hybridized carbons (Fsp3) is 0.360. The van der Waals surface area contributed by atoms with Crippen LogP contribution in [0.25, 0.3) is 11.3 Å². The Kier molecular flexibility index (Phi) is 5.52. The molecule has 1 aromatic heterocycles. The lowest BCUT2D eigenvalue weighted by atomic mass is 9.99. The third kappa shape index (κ3) is 4.42. The van der Waals surface area contributed by atoms with Crippen LogP contribution >= 0.6 is 0 Å². The molecule has 2 heterocycles. The second-order valence-electron chi connectivity index (χ2n) is 8.15. The minimum Gasteiger partial charge on any atom is -0.441 e. The molecule has 29 heavy (non-hydrogen) atoms. The van der Waals surface area contributed by atoms with Crippen LogP contribution in [0.4, 0.5) is 0 Å². The summed E-state index contributed by atoms with van der Waals surface area (Å²) in [6, 6.07) is 15.0. The summed E-state index contributed by atoms with van der Waals surface area (Å²) in [5.74, 6) is 1.56. The quantitative estimate of drug-likeness (QED) is 0.574. The van der Waals surface area contributed by atoms with E-state index in [0.717, 1.165) is 30.7 Å². The molecule has 1 fully saturated rings. The lowest BCUT2D eigenvalue weighted by Crippen LogP contribution is -2.30. The van der Waals surface area contributed by atoms with Crippen LogP contribution in [0, 0.1) is 20.8 Å². The van der Waals surface area contributed by atoms with E-state index in [-0.39, 0.29) is 11.9 Å². The number of amides is 1. The number of hydrogen-bond acceptors (Lipinski definition) is 3. The molecule has 0 radical (unpaired) electrons. The van der Waals surface area contributed by atoms with Crippen molar-refractivity contribution in [3.8, 4) is 11.3 Å². The Morgan fingerprint density at radius 3 is 2.52 bits per heavy atom. The third-order valence-electron chi connectivity index (χ3n) is 5.64. The van der Waals surface area contributed by atoms with Crippen molar-refractivity contribution in [2.75, 3.05) is 6.54 Å². The molecule has 0 spiro atoms. The van der Waals surface area contributed by atoms with E-state index in [1.807, 2.05) is 17.0 Å². The zero-order valence-electron chi connectivity index (χ0n) is 17.4. The fourth-order valence-corrected chi connectivity index (χ4v) is 4.25. The highest BCUT2D eigenvalue weighted by molar-refractivity contribution is 5.77. The molecule has 0 N–H and O–H groups in total. The lowest BCUT2D eigenvalue weighted by molar-refractivity contribution is -0.132. The van der Waals surface area contributed by atoms with Crippen molar-refractivity contribution in [3.63, 3.8) is 0 Å². The first-order valence-electron chi connectivity index (χ1n) is 10.4. The Hall–Kier alpha value is -2.88. The molecule has 1 amide bonds. The molecule has 1 atom stereocenters. The molecule has 0 aliphatic carbocycles. The average molecular weight is 389 g/mol. The number of benzene rings is 2. The standard InChI is InChI=1S/C25H28N2O2/c1-17-6-8-20(9-7-17)23-16-26-24(29-23)10-11-25(28)27-12-4-5-22(27)21-14-18(2)13-19(3)15-21/h6-9,13-16,22H,4-5,10-12H2,1-3H3. The van der Waals surface area contributed by atoms with Crippen LogP contribution in [-0.2, 0) is 11.2 Å². The summed E-state index contributed by atoms with van der Waals surface area (Å²) in [5, 5.41) is 0. The Morgan fingerprint density at radius 2 is 1.79 bits per heavy atom. The Labute approximate surface area is 172 Å². The van der Waals surface area contributed by atoms with Crippen molar-refractivity contribution in [2.45, 2.75) is 52.5 Å². The Bertz CT molecular complexity index is 984. The molecule has 4 heteroatoms. The molecular formula is C25H28N2O2. The monoisotopic (exact) mass is 388 g/mol. The number of rotatable bonds is 5. The SMILES string of the molecule is Cc1ccc(-c2cnc(CCC(=O)N3CCCC3c3cc(C)cc(C)c3)o2)cc1. The molecule has 3 aromatic rings. The number of carbonyl (C=O) groups excluding carboxylic acids is 1. The van der Waals surface area contributed by atoms with Gasteiger partial charge in [-0.2, -0.15) is 0 Å². The Morgan fingerprint density at radius 1 is 1.07 bits per heavy atom. The van der Waals surface area contributed by atoms with Gasteiger partial charge in [0.05, 0.1) is 12.2 Å². The zero-order chi connectivity index (χ0) is 20.4. The van der Waals surface area contributed by atoms with Crippen molar-refractivity contribution in [1.29, 1.82) is 0 Å². The number of carbonyl (C=O) groups is 1. The summed E-state index contributed by atoms with van der Waals surface area (Å²) >= 11 is 0. The smallest absolute Gasteiger partial charge is 0.223 e. The van der Waals surface area contributed by atoms with Crippen molar-refractivity contribution >= 4 is 5.91 Å². The molecule has 2 aromatic carbocycles. The number of oxazole rings is 1. The van der Waals surface area contributed by atoms with Gasteiger partial charge in [-0.3, -0.25) is 4.79 Å². The third-order valence-corrected chi connectivity index (χ3v) is 5.64. The van der Waals surface area contributed by atoms with Crippen LogP contribution in [-0.4, -0.2) is 22.3 Å². The maximum absolute atomic E-state index is 12.9. The van der Waals surface area contributed by atoms with E-state index in [4.69, 9.17) is 4.42 Å². The van der Waals surface area contributed by atoms with Gasteiger partial charge in [-0.15, -0.1) is 0 Å². The normalized spacial score (nSPS) is 16.4. The highest BCUT2D eigenvalue weighted by atomic mass is 16.4. The highest BCUT2D eigenvalue weighted by Gasteiger charge is 2.30. The first kappa shape index (κ1) is 19.4. The summed E-state index contributed by atoms with van der Waals surface area (Å²) in [7, 11) is 0. The van der Waals surface area contributed by atoms with Gasteiger partial charge in [-0.25, -0.2) is 4.98 Å². The summed E-state index contributed by atoms with van der Waals surface area (Å²) in [5.41, 5.74) is 5.98. The van der Waals surface area contributed by atoms with Crippen LogP contribution in [0.1, 0.15) is 53.4 Å². The van der Waals surface area contributed by atoms with Gasteiger partial charge in [0, 0.05) is 24.9 Å². The highest BCUT2D eigenvalue weighted by Crippen LogP contribution is 2.33. The van der Waals surface area contributed by atoms with Crippen LogP contribution in [0.5, 0.6) is 0 Å². The van der Waals surface area contributed by atoms with Crippen molar-refractivity contribution in [1.82, 2.24) is 9.88 Å². The number of hydrogen-bond donors (Lipinski definition) is 0. The van der Waals surface area contributed by atoms with Crippen molar-refractivity contribution < 1.29 is 9.21 Å². The zero-order valence-corrected chi connectivity index (χ0v) is 17.4. The number of aromatic nitrogens is 1. The fourth-order valence-electron chi connectivity index (χ4n) is 4.25. The Balaban J connectivity index is 1.41. The topological polar surface area (TPSA) is 46.3 Å². The van der Waals surface area contributed by atoms with Gasteiger partial charge in [-0.05, 0) is 39.2 Å². The molecule has 150 valence electrons. The molecule has 0 bridgehead atoms. The minimum absolute atomic E-state index is 0.182. The van der Waals surface area contributed by atoms with Gasteiger partial charge in [0.25, 0.3) is 0 Å². The first-order chi connectivity index (χ1) is 14.0. The first-order valence-corrected chi connectivity index (χ1v) is 10.4. The van der Waals surface area contributed by atoms with Gasteiger partial charge in [0.15, 0.2) is 11.7 Å². The van der Waals surface area contributed by atoms with E-state index in [2.05, 4.69) is 56.1 Å². The second-order valence-corrected chi connectivity index (χ2v) is 8.15. The van der Waals surface area contributed by atoms with Crippen LogP contribution in [0.15, 0.2) is 53.1 Å². The molecule has 4 rings (SSSR count). The van der Waals surface area contributed by atoms with Gasteiger partial charge in [0.1, 0.15) is 0 Å². The van der Waals surface area contributed by atoms with Gasteiger partial charge >= 0.3 is 0 Å². The maximum atomic E-state index is 12.9. The second kappa shape index (κ2) is 8.24. The van der Waals surface area contributed by atoms with Crippen molar-refractivity contribution in [2.24, 2.45) is 0 Å². The van der Waals surface area contributed by atoms with E-state index in [9.17, 15) is 4.79 Å². The van der Waals surface area contributed by atoms with E-state index in [0.29, 0.717) is 18.7 Å². The molecule has 1 unspecified atom stereocenters. The molecule has 1 aliphatic rings. The molecular weight excluding hydrogens is 360 g/mol. The average Bonchev–Trinajstić information content (AvgIpc) is 3.36. The van der Waals surface area contributed by atoms with E-state index in [1.165, 1.54) is 22.3 Å². The summed E-state index contributed by atoms with van der Waals surface area (Å²) < 4.78 is 5.88. The van der Waals surface area contributed by atoms with Gasteiger partial charge in [-0.1, -0.05) is 59.2 Å². The van der Waals surface area contributed by atoms with Crippen LogP contribution in [0.3, 0.4) is 0 Å². The van der Waals surface area contributed by atoms with Crippen molar-refractivity contribution in [3.05, 3.63) is 76.8 Å². The van der Waals surface area contributed by atoms with E-state index < -0.39 is 0 Å². The lowest BCUT2D eigenvalue weighted by Gasteiger charge is -2.25. The van der Waals surface area contributed by atoms with Gasteiger partial charge in [0.2, 0.25) is 5.91 Å².